The molecule has 9 nitrogen and oxygen atoms in total. The Hall–Kier alpha value is -4.40. The SMILES string of the molecule is COc1ccc2oc(-c3ccc(NC(=O)c4ccc(N5CCCC5)c([N+](=O)[O-])c4)cc3)nc2c1. The second-order valence-electron chi connectivity index (χ2n) is 8.04. The molecule has 0 unspecified atom stereocenters. The number of benzene rings is 3. The fourth-order valence-corrected chi connectivity index (χ4v) is 4.09. The van der Waals surface area contributed by atoms with Gasteiger partial charge in [-0.25, -0.2) is 4.98 Å². The van der Waals surface area contributed by atoms with Gasteiger partial charge in [-0.1, -0.05) is 0 Å². The average molecular weight is 458 g/mol. The molecule has 4 aromatic rings. The Balaban J connectivity index is 1.33. The standard InChI is InChI=1S/C25H22N4O5/c1-33-19-9-11-23-20(15-19)27-25(34-23)16-4-7-18(8-5-16)26-24(30)17-6-10-21(22(14-17)29(31)32)28-12-2-3-13-28/h4-11,14-15H,2-3,12-13H2,1H3,(H,26,30). The van der Waals surface area contributed by atoms with Crippen LogP contribution in [0.3, 0.4) is 0 Å². The molecule has 0 bridgehead atoms. The number of carbonyl (C=O) groups is 1. The van der Waals surface area contributed by atoms with Crippen LogP contribution in [0, 0.1) is 10.1 Å². The van der Waals surface area contributed by atoms with Gasteiger partial charge in [0.2, 0.25) is 5.89 Å². The van der Waals surface area contributed by atoms with E-state index in [9.17, 15) is 14.9 Å². The number of aromatic nitrogens is 1. The first-order chi connectivity index (χ1) is 16.5. The number of oxazole rings is 1. The van der Waals surface area contributed by atoms with E-state index in [-0.39, 0.29) is 11.3 Å². The molecule has 1 amide bonds. The summed E-state index contributed by atoms with van der Waals surface area (Å²) in [6, 6.07) is 17.1. The largest absolute Gasteiger partial charge is 0.497 e. The van der Waals surface area contributed by atoms with E-state index in [1.165, 1.54) is 6.07 Å². The van der Waals surface area contributed by atoms with E-state index in [0.717, 1.165) is 31.5 Å². The summed E-state index contributed by atoms with van der Waals surface area (Å²) in [4.78, 5) is 30.4. The number of hydrogen-bond donors (Lipinski definition) is 1. The van der Waals surface area contributed by atoms with Crippen LogP contribution >= 0.6 is 0 Å². The van der Waals surface area contributed by atoms with Gasteiger partial charge in [0.15, 0.2) is 5.58 Å². The molecule has 1 saturated heterocycles. The number of nitrogens with one attached hydrogen (secondary N) is 1. The molecule has 172 valence electrons. The Morgan fingerprint density at radius 2 is 1.85 bits per heavy atom. The van der Waals surface area contributed by atoms with Crippen molar-refractivity contribution in [1.82, 2.24) is 4.98 Å². The molecule has 1 N–H and O–H groups in total. The van der Waals surface area contributed by atoms with Gasteiger partial charge < -0.3 is 19.4 Å². The summed E-state index contributed by atoms with van der Waals surface area (Å²) in [6.07, 6.45) is 2.01. The molecule has 1 aromatic heterocycles. The van der Waals surface area contributed by atoms with Crippen LogP contribution in [0.25, 0.3) is 22.6 Å². The van der Waals surface area contributed by atoms with E-state index in [1.54, 1.807) is 61.7 Å². The average Bonchev–Trinajstić information content (AvgIpc) is 3.54. The highest BCUT2D eigenvalue weighted by atomic mass is 16.6. The molecule has 3 aromatic carbocycles. The third-order valence-corrected chi connectivity index (χ3v) is 5.87. The van der Waals surface area contributed by atoms with Crippen LogP contribution in [0.15, 0.2) is 65.1 Å². The molecule has 34 heavy (non-hydrogen) atoms. The van der Waals surface area contributed by atoms with Crippen LogP contribution in [0.1, 0.15) is 23.2 Å². The van der Waals surface area contributed by atoms with E-state index in [0.29, 0.717) is 34.1 Å². The quantitative estimate of drug-likeness (QED) is 0.310. The third kappa shape index (κ3) is 4.15. The second kappa shape index (κ2) is 8.86. The minimum Gasteiger partial charge on any atom is -0.497 e. The normalized spacial score (nSPS) is 13.3. The Morgan fingerprint density at radius 3 is 2.56 bits per heavy atom. The highest BCUT2D eigenvalue weighted by molar-refractivity contribution is 6.05. The van der Waals surface area contributed by atoms with E-state index < -0.39 is 10.8 Å². The molecule has 5 rings (SSSR count). The molecule has 0 saturated carbocycles. The van der Waals surface area contributed by atoms with Gasteiger partial charge in [0.05, 0.1) is 12.0 Å². The van der Waals surface area contributed by atoms with Crippen molar-refractivity contribution in [2.75, 3.05) is 30.4 Å². The van der Waals surface area contributed by atoms with E-state index in [2.05, 4.69) is 10.3 Å². The number of nitrogens with zero attached hydrogens (tertiary/aromatic N) is 3. The Labute approximate surface area is 195 Å². The topological polar surface area (TPSA) is 111 Å². The molecule has 2 heterocycles. The van der Waals surface area contributed by atoms with Gasteiger partial charge in [-0.2, -0.15) is 0 Å². The molecule has 1 aliphatic heterocycles. The monoisotopic (exact) mass is 458 g/mol. The second-order valence-corrected chi connectivity index (χ2v) is 8.04. The summed E-state index contributed by atoms with van der Waals surface area (Å²) < 4.78 is 11.0. The number of hydrogen-bond acceptors (Lipinski definition) is 7. The number of ether oxygens (including phenoxy) is 1. The van der Waals surface area contributed by atoms with Crippen LogP contribution in [0.2, 0.25) is 0 Å². The molecular formula is C25H22N4O5. The lowest BCUT2D eigenvalue weighted by molar-refractivity contribution is -0.384. The molecular weight excluding hydrogens is 436 g/mol. The summed E-state index contributed by atoms with van der Waals surface area (Å²) >= 11 is 0. The van der Waals surface area contributed by atoms with Crippen LogP contribution in [0.4, 0.5) is 17.1 Å². The van der Waals surface area contributed by atoms with E-state index in [1.807, 2.05) is 4.90 Å². The summed E-state index contributed by atoms with van der Waals surface area (Å²) in [5.41, 5.74) is 3.36. The number of nitro benzene ring substituents is 1. The van der Waals surface area contributed by atoms with Gasteiger partial charge >= 0.3 is 0 Å². The maximum absolute atomic E-state index is 12.8. The molecule has 0 aliphatic carbocycles. The minimum absolute atomic E-state index is 0.0579. The highest BCUT2D eigenvalue weighted by Gasteiger charge is 2.24. The van der Waals surface area contributed by atoms with E-state index in [4.69, 9.17) is 9.15 Å². The number of amides is 1. The lowest BCUT2D eigenvalue weighted by Crippen LogP contribution is -2.19. The zero-order valence-corrected chi connectivity index (χ0v) is 18.5. The number of methoxy groups -OCH3 is 1. The molecule has 0 radical (unpaired) electrons. The number of anilines is 2. The fraction of sp³-hybridized carbons (Fsp3) is 0.200. The van der Waals surface area contributed by atoms with Gasteiger partial charge in [0.1, 0.15) is 17.0 Å². The Morgan fingerprint density at radius 1 is 1.09 bits per heavy atom. The summed E-state index contributed by atoms with van der Waals surface area (Å²) in [5.74, 6) is 0.728. The van der Waals surface area contributed by atoms with Crippen LogP contribution in [0.5, 0.6) is 5.75 Å². The van der Waals surface area contributed by atoms with Crippen molar-refractivity contribution in [2.45, 2.75) is 12.8 Å². The van der Waals surface area contributed by atoms with Gasteiger partial charge in [-0.3, -0.25) is 14.9 Å². The smallest absolute Gasteiger partial charge is 0.293 e. The fourth-order valence-electron chi connectivity index (χ4n) is 4.09. The van der Waals surface area contributed by atoms with Gasteiger partial charge in [0.25, 0.3) is 11.6 Å². The van der Waals surface area contributed by atoms with Crippen LogP contribution in [-0.2, 0) is 0 Å². The maximum Gasteiger partial charge on any atom is 0.293 e. The number of carbonyl (C=O) groups excluding carboxylic acids is 1. The lowest BCUT2D eigenvalue weighted by Gasteiger charge is -2.17. The first-order valence-electron chi connectivity index (χ1n) is 10.9. The van der Waals surface area contributed by atoms with Crippen molar-refractivity contribution in [3.05, 3.63) is 76.3 Å². The predicted molar refractivity (Wildman–Crippen MR) is 128 cm³/mol. The molecule has 0 atom stereocenters. The highest BCUT2D eigenvalue weighted by Crippen LogP contribution is 2.32. The number of rotatable bonds is 6. The van der Waals surface area contributed by atoms with Crippen LogP contribution < -0.4 is 15.0 Å². The van der Waals surface area contributed by atoms with Crippen molar-refractivity contribution in [3.63, 3.8) is 0 Å². The van der Waals surface area contributed by atoms with Gasteiger partial charge in [-0.15, -0.1) is 0 Å². The van der Waals surface area contributed by atoms with Crippen molar-refractivity contribution in [2.24, 2.45) is 0 Å². The molecule has 9 heteroatoms. The van der Waals surface area contributed by atoms with Crippen molar-refractivity contribution in [1.29, 1.82) is 0 Å². The first kappa shape index (κ1) is 21.4. The van der Waals surface area contributed by atoms with Crippen molar-refractivity contribution >= 4 is 34.1 Å². The summed E-state index contributed by atoms with van der Waals surface area (Å²) in [7, 11) is 1.59. The molecule has 1 fully saturated rings. The molecule has 0 spiro atoms. The zero-order valence-electron chi connectivity index (χ0n) is 18.5. The zero-order chi connectivity index (χ0) is 23.7. The first-order valence-corrected chi connectivity index (χ1v) is 10.9. The van der Waals surface area contributed by atoms with E-state index >= 15 is 0 Å². The lowest BCUT2D eigenvalue weighted by atomic mass is 10.1. The maximum atomic E-state index is 12.8. The van der Waals surface area contributed by atoms with Gasteiger partial charge in [-0.05, 0) is 61.4 Å². The Kier molecular flexibility index (Phi) is 5.59. The predicted octanol–water partition coefficient (Wildman–Crippen LogP) is 5.26. The van der Waals surface area contributed by atoms with Crippen molar-refractivity contribution < 1.29 is 18.9 Å². The summed E-state index contributed by atoms with van der Waals surface area (Å²) in [6.45, 7) is 1.57. The minimum atomic E-state index is -0.435. The van der Waals surface area contributed by atoms with Crippen LogP contribution in [-0.4, -0.2) is 36.0 Å². The van der Waals surface area contributed by atoms with Gasteiger partial charge in [0, 0.05) is 42.0 Å². The third-order valence-electron chi connectivity index (χ3n) is 5.87. The summed E-state index contributed by atoms with van der Waals surface area (Å²) in [5, 5.41) is 14.4. The van der Waals surface area contributed by atoms with Crippen molar-refractivity contribution in [3.8, 4) is 17.2 Å². The Bertz CT molecular complexity index is 1370. The number of fused-ring (bicyclic) bond motifs is 1. The molecule has 1 aliphatic rings. The number of nitro groups is 1.